The predicted molar refractivity (Wildman–Crippen MR) is 77.9 cm³/mol. The lowest BCUT2D eigenvalue weighted by Crippen LogP contribution is -2.11. The van der Waals surface area contributed by atoms with Gasteiger partial charge in [-0.1, -0.05) is 17.7 Å². The minimum atomic E-state index is 0.364. The van der Waals surface area contributed by atoms with Gasteiger partial charge in [-0.2, -0.15) is 0 Å². The molecule has 1 aromatic heterocycles. The Hall–Kier alpha value is -0.770. The van der Waals surface area contributed by atoms with Crippen LogP contribution in [0.2, 0.25) is 5.02 Å². The molecule has 2 aromatic rings. The summed E-state index contributed by atoms with van der Waals surface area (Å²) in [4.78, 5) is 4.54. The van der Waals surface area contributed by atoms with E-state index in [4.69, 9.17) is 27.9 Å². The zero-order chi connectivity index (χ0) is 13.2. The largest absolute Gasteiger partial charge is 0.378 e. The molecule has 0 bridgehead atoms. The molecule has 0 N–H and O–H groups in total. The van der Waals surface area contributed by atoms with Crippen LogP contribution in [0.25, 0.3) is 11.0 Å². The third-order valence-electron chi connectivity index (χ3n) is 3.61. The predicted octanol–water partition coefficient (Wildman–Crippen LogP) is 4.00. The van der Waals surface area contributed by atoms with Gasteiger partial charge in [-0.25, -0.2) is 4.98 Å². The van der Waals surface area contributed by atoms with E-state index >= 15 is 0 Å². The van der Waals surface area contributed by atoms with Crippen LogP contribution in [0.5, 0.6) is 0 Å². The smallest absolute Gasteiger partial charge is 0.124 e. The average molecular weight is 299 g/mol. The number of alkyl halides is 1. The van der Waals surface area contributed by atoms with E-state index < -0.39 is 0 Å². The highest BCUT2D eigenvalue weighted by Gasteiger charge is 2.18. The lowest BCUT2D eigenvalue weighted by Gasteiger charge is -2.12. The Kier molecular flexibility index (Phi) is 3.96. The molecule has 0 radical (unpaired) electrons. The lowest BCUT2D eigenvalue weighted by molar-refractivity contribution is 0.100. The number of imidazole rings is 1. The number of fused-ring (bicyclic) bond motifs is 1. The van der Waals surface area contributed by atoms with Crippen LogP contribution in [0, 0.1) is 0 Å². The van der Waals surface area contributed by atoms with Gasteiger partial charge in [0.05, 0.1) is 28.0 Å². The molecular formula is C14H16Cl2N2O. The van der Waals surface area contributed by atoms with Crippen LogP contribution in [-0.2, 0) is 17.2 Å². The molecule has 0 saturated carbocycles. The zero-order valence-electron chi connectivity index (χ0n) is 10.6. The van der Waals surface area contributed by atoms with E-state index in [1.807, 2.05) is 18.2 Å². The summed E-state index contributed by atoms with van der Waals surface area (Å²) in [6.07, 6.45) is 3.67. The van der Waals surface area contributed by atoms with Gasteiger partial charge in [0.15, 0.2) is 0 Å². The van der Waals surface area contributed by atoms with E-state index in [0.29, 0.717) is 12.0 Å². The van der Waals surface area contributed by atoms with Crippen molar-refractivity contribution in [1.82, 2.24) is 9.55 Å². The van der Waals surface area contributed by atoms with Crippen molar-refractivity contribution in [1.29, 1.82) is 0 Å². The number of benzene rings is 1. The molecule has 3 rings (SSSR count). The van der Waals surface area contributed by atoms with Gasteiger partial charge in [0, 0.05) is 13.2 Å². The second-order valence-electron chi connectivity index (χ2n) is 4.84. The number of ether oxygens (including phenoxy) is 1. The molecule has 5 heteroatoms. The third-order valence-corrected chi connectivity index (χ3v) is 4.16. The maximum Gasteiger partial charge on any atom is 0.124 e. The van der Waals surface area contributed by atoms with Crippen LogP contribution >= 0.6 is 23.2 Å². The fourth-order valence-electron chi connectivity index (χ4n) is 2.68. The van der Waals surface area contributed by atoms with Gasteiger partial charge >= 0.3 is 0 Å². The number of rotatable bonds is 4. The molecule has 19 heavy (non-hydrogen) atoms. The number of para-hydroxylation sites is 1. The summed E-state index contributed by atoms with van der Waals surface area (Å²) in [5, 5.41) is 0.730. The molecule has 1 aromatic carbocycles. The summed E-state index contributed by atoms with van der Waals surface area (Å²) in [6.45, 7) is 1.74. The minimum absolute atomic E-state index is 0.364. The van der Waals surface area contributed by atoms with Crippen molar-refractivity contribution in [2.45, 2.75) is 37.8 Å². The second kappa shape index (κ2) is 5.70. The van der Waals surface area contributed by atoms with E-state index in [-0.39, 0.29) is 0 Å². The zero-order valence-corrected chi connectivity index (χ0v) is 12.1. The van der Waals surface area contributed by atoms with Crippen molar-refractivity contribution >= 4 is 34.2 Å². The second-order valence-corrected chi connectivity index (χ2v) is 5.52. The maximum atomic E-state index is 6.29. The highest BCUT2D eigenvalue weighted by Crippen LogP contribution is 2.26. The molecule has 0 amide bonds. The normalized spacial score (nSPS) is 19.4. The summed E-state index contributed by atoms with van der Waals surface area (Å²) >= 11 is 12.3. The number of halogens is 2. The van der Waals surface area contributed by atoms with Gasteiger partial charge in [-0.05, 0) is 31.4 Å². The molecule has 1 unspecified atom stereocenters. The Balaban J connectivity index is 1.91. The maximum absolute atomic E-state index is 6.29. The van der Waals surface area contributed by atoms with Gasteiger partial charge in [-0.15, -0.1) is 11.6 Å². The summed E-state index contributed by atoms with van der Waals surface area (Å²) in [7, 11) is 0. The SMILES string of the molecule is ClCc1nc2cccc(Cl)c2n1CCC1CCCO1. The fourth-order valence-corrected chi connectivity index (χ4v) is 3.15. The Labute approximate surface area is 122 Å². The van der Waals surface area contributed by atoms with Crippen LogP contribution in [0.15, 0.2) is 18.2 Å². The van der Waals surface area contributed by atoms with E-state index in [0.717, 1.165) is 47.9 Å². The highest BCUT2D eigenvalue weighted by molar-refractivity contribution is 6.35. The van der Waals surface area contributed by atoms with Gasteiger partial charge in [0.1, 0.15) is 5.82 Å². The first-order chi connectivity index (χ1) is 9.29. The van der Waals surface area contributed by atoms with Crippen LogP contribution in [0.1, 0.15) is 25.1 Å². The van der Waals surface area contributed by atoms with Gasteiger partial charge in [0.2, 0.25) is 0 Å². The molecule has 0 aliphatic carbocycles. The van der Waals surface area contributed by atoms with Gasteiger partial charge in [-0.3, -0.25) is 0 Å². The van der Waals surface area contributed by atoms with Crippen molar-refractivity contribution < 1.29 is 4.74 Å². The minimum Gasteiger partial charge on any atom is -0.378 e. The highest BCUT2D eigenvalue weighted by atomic mass is 35.5. The monoisotopic (exact) mass is 298 g/mol. The van der Waals surface area contributed by atoms with Crippen molar-refractivity contribution in [3.8, 4) is 0 Å². The first-order valence-electron chi connectivity index (χ1n) is 6.61. The third kappa shape index (κ3) is 2.60. The first-order valence-corrected chi connectivity index (χ1v) is 7.52. The summed E-state index contributed by atoms with van der Waals surface area (Å²) in [5.74, 6) is 1.28. The Morgan fingerprint density at radius 1 is 1.42 bits per heavy atom. The molecule has 3 nitrogen and oxygen atoms in total. The Morgan fingerprint density at radius 2 is 2.32 bits per heavy atom. The lowest BCUT2D eigenvalue weighted by atomic mass is 10.2. The fraction of sp³-hybridized carbons (Fsp3) is 0.500. The van der Waals surface area contributed by atoms with Crippen molar-refractivity contribution in [2.75, 3.05) is 6.61 Å². The number of aromatic nitrogens is 2. The molecular weight excluding hydrogens is 283 g/mol. The molecule has 0 spiro atoms. The first kappa shape index (κ1) is 13.2. The number of aryl methyl sites for hydroxylation is 1. The van der Waals surface area contributed by atoms with Crippen LogP contribution in [0.3, 0.4) is 0 Å². The Morgan fingerprint density at radius 3 is 3.05 bits per heavy atom. The number of hydrogen-bond acceptors (Lipinski definition) is 2. The van der Waals surface area contributed by atoms with Crippen LogP contribution in [-0.4, -0.2) is 22.3 Å². The summed E-state index contributed by atoms with van der Waals surface area (Å²) < 4.78 is 7.80. The van der Waals surface area contributed by atoms with Gasteiger partial charge < -0.3 is 9.30 Å². The molecule has 1 atom stereocenters. The molecule has 1 aliphatic heterocycles. The van der Waals surface area contributed by atoms with Crippen molar-refractivity contribution in [3.05, 3.63) is 29.0 Å². The molecule has 1 fully saturated rings. The molecule has 1 saturated heterocycles. The van der Waals surface area contributed by atoms with Crippen molar-refractivity contribution in [2.24, 2.45) is 0 Å². The average Bonchev–Trinajstić information content (AvgIpc) is 3.03. The topological polar surface area (TPSA) is 27.1 Å². The molecule has 2 heterocycles. The molecule has 102 valence electrons. The van der Waals surface area contributed by atoms with Crippen molar-refractivity contribution in [3.63, 3.8) is 0 Å². The van der Waals surface area contributed by atoms with Gasteiger partial charge in [0.25, 0.3) is 0 Å². The summed E-state index contributed by atoms with van der Waals surface area (Å²) in [6, 6.07) is 5.78. The Bertz CT molecular complexity index is 576. The van der Waals surface area contributed by atoms with E-state index in [1.165, 1.54) is 6.42 Å². The van der Waals surface area contributed by atoms with E-state index in [2.05, 4.69) is 9.55 Å². The standard InChI is InChI=1S/C14H16Cl2N2O/c15-9-13-17-12-5-1-4-11(16)14(12)18(13)7-6-10-3-2-8-19-10/h1,4-5,10H,2-3,6-9H2. The summed E-state index contributed by atoms with van der Waals surface area (Å²) in [5.41, 5.74) is 1.90. The van der Waals surface area contributed by atoms with Crippen LogP contribution < -0.4 is 0 Å². The quantitative estimate of drug-likeness (QED) is 0.798. The number of hydrogen-bond donors (Lipinski definition) is 0. The van der Waals surface area contributed by atoms with E-state index in [1.54, 1.807) is 0 Å². The molecule has 1 aliphatic rings. The van der Waals surface area contributed by atoms with E-state index in [9.17, 15) is 0 Å². The van der Waals surface area contributed by atoms with Crippen LogP contribution in [0.4, 0.5) is 0 Å². The number of nitrogens with zero attached hydrogens (tertiary/aromatic N) is 2.